The maximum atomic E-state index is 14.3. The lowest BCUT2D eigenvalue weighted by molar-refractivity contribution is 0.102. The minimum absolute atomic E-state index is 0.0866. The van der Waals surface area contributed by atoms with Crippen LogP contribution >= 0.6 is 0 Å². The van der Waals surface area contributed by atoms with E-state index < -0.39 is 0 Å². The molecule has 10 heteroatoms. The molecule has 1 amide bonds. The molecule has 9 nitrogen and oxygen atoms in total. The van der Waals surface area contributed by atoms with E-state index >= 15 is 0 Å². The molecular formula is C25H20FN7O2. The quantitative estimate of drug-likeness (QED) is 0.379. The van der Waals surface area contributed by atoms with Crippen LogP contribution in [0.2, 0.25) is 0 Å². The molecule has 0 bridgehead atoms. The third kappa shape index (κ3) is 4.49. The van der Waals surface area contributed by atoms with Crippen LogP contribution in [0.5, 0.6) is 0 Å². The third-order valence-electron chi connectivity index (χ3n) is 5.44. The number of carbonyl (C=O) groups is 1. The highest BCUT2D eigenvalue weighted by Crippen LogP contribution is 2.26. The second kappa shape index (κ2) is 9.18. The smallest absolute Gasteiger partial charge is 0.256 e. The molecule has 0 aliphatic carbocycles. The molecule has 3 aromatic heterocycles. The minimum Gasteiger partial charge on any atom is -0.382 e. The summed E-state index contributed by atoms with van der Waals surface area (Å²) in [6.45, 7) is 2.01. The number of anilines is 2. The summed E-state index contributed by atoms with van der Waals surface area (Å²) in [4.78, 5) is 21.3. The number of nitrogen functional groups attached to an aromatic ring is 1. The van der Waals surface area contributed by atoms with Crippen molar-refractivity contribution in [2.24, 2.45) is 0 Å². The summed E-state index contributed by atoms with van der Waals surface area (Å²) in [6, 6.07) is 17.1. The van der Waals surface area contributed by atoms with E-state index in [0.29, 0.717) is 28.2 Å². The van der Waals surface area contributed by atoms with Gasteiger partial charge in [-0.05, 0) is 30.7 Å². The lowest BCUT2D eigenvalue weighted by Gasteiger charge is -2.09. The van der Waals surface area contributed by atoms with E-state index in [2.05, 4.69) is 25.5 Å². The predicted molar refractivity (Wildman–Crippen MR) is 128 cm³/mol. The molecule has 35 heavy (non-hydrogen) atoms. The molecule has 0 saturated carbocycles. The topological polar surface area (TPSA) is 125 Å². The number of halogens is 1. The summed E-state index contributed by atoms with van der Waals surface area (Å²) in [6.07, 6.45) is 2.87. The zero-order chi connectivity index (χ0) is 24.4. The molecule has 174 valence electrons. The van der Waals surface area contributed by atoms with Gasteiger partial charge in [-0.3, -0.25) is 9.48 Å². The fourth-order valence-electron chi connectivity index (χ4n) is 3.62. The zero-order valence-electron chi connectivity index (χ0n) is 18.6. The molecule has 0 radical (unpaired) electrons. The van der Waals surface area contributed by atoms with Crippen LogP contribution in [-0.4, -0.2) is 30.8 Å². The summed E-state index contributed by atoms with van der Waals surface area (Å²) in [5, 5.41) is 11.3. The van der Waals surface area contributed by atoms with Crippen LogP contribution in [0, 0.1) is 12.7 Å². The number of rotatable bonds is 6. The normalized spacial score (nSPS) is 10.9. The zero-order valence-corrected chi connectivity index (χ0v) is 18.6. The number of benzene rings is 2. The first-order valence-electron chi connectivity index (χ1n) is 10.7. The summed E-state index contributed by atoms with van der Waals surface area (Å²) >= 11 is 0. The molecule has 3 heterocycles. The molecule has 2 aromatic carbocycles. The van der Waals surface area contributed by atoms with E-state index in [-0.39, 0.29) is 35.6 Å². The van der Waals surface area contributed by atoms with E-state index in [0.717, 1.165) is 5.56 Å². The fourth-order valence-corrected chi connectivity index (χ4v) is 3.62. The monoisotopic (exact) mass is 469 g/mol. The van der Waals surface area contributed by atoms with Gasteiger partial charge in [0.15, 0.2) is 11.6 Å². The highest BCUT2D eigenvalue weighted by Gasteiger charge is 2.18. The van der Waals surface area contributed by atoms with Crippen molar-refractivity contribution in [3.8, 4) is 22.9 Å². The number of nitrogens with one attached hydrogen (secondary N) is 1. The summed E-state index contributed by atoms with van der Waals surface area (Å²) in [7, 11) is 0. The van der Waals surface area contributed by atoms with Crippen molar-refractivity contribution < 1.29 is 13.7 Å². The van der Waals surface area contributed by atoms with E-state index in [4.69, 9.17) is 10.3 Å². The number of aryl methyl sites for hydroxylation is 1. The van der Waals surface area contributed by atoms with E-state index in [1.54, 1.807) is 47.1 Å². The first kappa shape index (κ1) is 22.0. The van der Waals surface area contributed by atoms with Crippen molar-refractivity contribution in [2.45, 2.75) is 13.5 Å². The lowest BCUT2D eigenvalue weighted by atomic mass is 10.1. The first-order valence-corrected chi connectivity index (χ1v) is 10.7. The number of amides is 1. The summed E-state index contributed by atoms with van der Waals surface area (Å²) in [5.74, 6) is -0.324. The molecule has 5 rings (SSSR count). The van der Waals surface area contributed by atoms with Crippen LogP contribution in [0.25, 0.3) is 22.9 Å². The number of nitrogens with two attached hydrogens (primary N) is 1. The Bertz CT molecular complexity index is 1510. The van der Waals surface area contributed by atoms with Crippen LogP contribution < -0.4 is 11.1 Å². The Hall–Kier alpha value is -4.86. The molecule has 0 aliphatic heterocycles. The summed E-state index contributed by atoms with van der Waals surface area (Å²) < 4.78 is 20.8. The average molecular weight is 469 g/mol. The van der Waals surface area contributed by atoms with Gasteiger partial charge in [-0.1, -0.05) is 41.6 Å². The molecule has 0 aliphatic rings. The Morgan fingerprint density at radius 3 is 2.66 bits per heavy atom. The number of carbonyl (C=O) groups excluding carboxylic acids is 1. The fraction of sp³-hybridized carbons (Fsp3) is 0.0800. The second-order valence-electron chi connectivity index (χ2n) is 7.81. The predicted octanol–water partition coefficient (Wildman–Crippen LogP) is 4.33. The molecule has 3 N–H and O–H groups in total. The van der Waals surface area contributed by atoms with Crippen molar-refractivity contribution in [1.29, 1.82) is 0 Å². The van der Waals surface area contributed by atoms with E-state index in [1.165, 1.54) is 18.5 Å². The van der Waals surface area contributed by atoms with Gasteiger partial charge in [-0.15, -0.1) is 0 Å². The van der Waals surface area contributed by atoms with Crippen LogP contribution in [-0.2, 0) is 6.54 Å². The first-order chi connectivity index (χ1) is 17.0. The SMILES string of the molecule is Cc1ccccc1C(=O)Nc1cnc(-c2cc(-c3ccon3)n(Cc3ccccc3F)n2)nc1N. The van der Waals surface area contributed by atoms with Gasteiger partial charge in [0.05, 0.1) is 18.4 Å². The van der Waals surface area contributed by atoms with Gasteiger partial charge in [0, 0.05) is 17.2 Å². The molecule has 0 fully saturated rings. The largest absolute Gasteiger partial charge is 0.382 e. The van der Waals surface area contributed by atoms with Crippen LogP contribution in [0.1, 0.15) is 21.5 Å². The third-order valence-corrected chi connectivity index (χ3v) is 5.44. The van der Waals surface area contributed by atoms with Gasteiger partial charge in [0.1, 0.15) is 29.2 Å². The highest BCUT2D eigenvalue weighted by atomic mass is 19.1. The molecule has 0 atom stereocenters. The Labute approximate surface area is 199 Å². The molecule has 0 saturated heterocycles. The summed E-state index contributed by atoms with van der Waals surface area (Å²) in [5.41, 5.74) is 9.76. The number of nitrogens with zero attached hydrogens (tertiary/aromatic N) is 5. The van der Waals surface area contributed by atoms with Gasteiger partial charge in [0.2, 0.25) is 0 Å². The minimum atomic E-state index is -0.343. The number of hydrogen-bond donors (Lipinski definition) is 2. The van der Waals surface area contributed by atoms with Crippen LogP contribution in [0.3, 0.4) is 0 Å². The Balaban J connectivity index is 1.46. The van der Waals surface area contributed by atoms with E-state index in [9.17, 15) is 9.18 Å². The molecule has 0 unspecified atom stereocenters. The molecule has 5 aromatic rings. The van der Waals surface area contributed by atoms with Crippen molar-refractivity contribution >= 4 is 17.4 Å². The van der Waals surface area contributed by atoms with Gasteiger partial charge in [-0.2, -0.15) is 5.10 Å². The molecular weight excluding hydrogens is 449 g/mol. The van der Waals surface area contributed by atoms with Gasteiger partial charge < -0.3 is 15.6 Å². The van der Waals surface area contributed by atoms with Gasteiger partial charge in [0.25, 0.3) is 5.91 Å². The van der Waals surface area contributed by atoms with Crippen molar-refractivity contribution in [2.75, 3.05) is 11.1 Å². The number of hydrogen-bond acceptors (Lipinski definition) is 7. The second-order valence-corrected chi connectivity index (χ2v) is 7.81. The average Bonchev–Trinajstić information content (AvgIpc) is 3.52. The standard InChI is InChI=1S/C25H20FN7O2/c1-15-6-2-4-8-17(15)25(34)29-21-13-28-24(30-23(21)27)20-12-22(19-10-11-35-32-19)33(31-20)14-16-7-3-5-9-18(16)26/h2-13H,14H2,1H3,(H,29,34)(H2,27,28,30). The Kier molecular flexibility index (Phi) is 5.76. The number of aromatic nitrogens is 5. The maximum absolute atomic E-state index is 14.3. The van der Waals surface area contributed by atoms with Gasteiger partial charge in [-0.25, -0.2) is 14.4 Å². The van der Waals surface area contributed by atoms with Crippen molar-refractivity contribution in [3.63, 3.8) is 0 Å². The highest BCUT2D eigenvalue weighted by molar-refractivity contribution is 6.06. The van der Waals surface area contributed by atoms with E-state index in [1.807, 2.05) is 19.1 Å². The maximum Gasteiger partial charge on any atom is 0.256 e. The van der Waals surface area contributed by atoms with Crippen LogP contribution in [0.15, 0.2) is 77.6 Å². The Morgan fingerprint density at radius 1 is 1.11 bits per heavy atom. The Morgan fingerprint density at radius 2 is 1.91 bits per heavy atom. The lowest BCUT2D eigenvalue weighted by Crippen LogP contribution is -2.15. The van der Waals surface area contributed by atoms with Crippen LogP contribution in [0.4, 0.5) is 15.9 Å². The van der Waals surface area contributed by atoms with Crippen molar-refractivity contribution in [1.82, 2.24) is 24.9 Å². The van der Waals surface area contributed by atoms with Gasteiger partial charge >= 0.3 is 0 Å². The van der Waals surface area contributed by atoms with Crippen molar-refractivity contribution in [3.05, 3.63) is 95.6 Å². The molecule has 0 spiro atoms.